The maximum Gasteiger partial charge on any atom is 0.257 e. The monoisotopic (exact) mass is 256 g/mol. The van der Waals surface area contributed by atoms with Crippen LogP contribution in [0.5, 0.6) is 0 Å². The molecule has 0 aliphatic carbocycles. The van der Waals surface area contributed by atoms with Crippen molar-refractivity contribution in [1.29, 1.82) is 0 Å². The van der Waals surface area contributed by atoms with Gasteiger partial charge in [-0.3, -0.25) is 10.2 Å². The van der Waals surface area contributed by atoms with Crippen molar-refractivity contribution in [1.82, 2.24) is 10.3 Å². The lowest BCUT2D eigenvalue weighted by Gasteiger charge is -2.17. The predicted octanol–water partition coefficient (Wildman–Crippen LogP) is 1.04. The SMILES string of the molecule is CC(C)(C)C(=O)NNS(=O)(=O)c1ccccc1. The van der Waals surface area contributed by atoms with Crippen LogP contribution in [0.4, 0.5) is 0 Å². The zero-order chi connectivity index (χ0) is 13.1. The van der Waals surface area contributed by atoms with Crippen molar-refractivity contribution in [3.05, 3.63) is 30.3 Å². The molecule has 5 nitrogen and oxygen atoms in total. The number of rotatable bonds is 3. The molecule has 0 bridgehead atoms. The predicted molar refractivity (Wildman–Crippen MR) is 64.4 cm³/mol. The first-order valence-corrected chi connectivity index (χ1v) is 6.59. The summed E-state index contributed by atoms with van der Waals surface area (Å²) >= 11 is 0. The van der Waals surface area contributed by atoms with E-state index in [9.17, 15) is 13.2 Å². The quantitative estimate of drug-likeness (QED) is 0.793. The van der Waals surface area contributed by atoms with Crippen molar-refractivity contribution >= 4 is 15.9 Å². The highest BCUT2D eigenvalue weighted by molar-refractivity contribution is 7.89. The molecule has 0 aliphatic rings. The van der Waals surface area contributed by atoms with E-state index < -0.39 is 21.3 Å². The fourth-order valence-corrected chi connectivity index (χ4v) is 1.82. The zero-order valence-electron chi connectivity index (χ0n) is 10.0. The Labute approximate surface area is 101 Å². The molecule has 0 aliphatic heterocycles. The number of hydrazine groups is 1. The molecule has 1 amide bonds. The molecule has 1 aromatic carbocycles. The molecule has 0 spiro atoms. The van der Waals surface area contributed by atoms with Gasteiger partial charge in [0.25, 0.3) is 10.0 Å². The summed E-state index contributed by atoms with van der Waals surface area (Å²) in [6, 6.07) is 7.84. The van der Waals surface area contributed by atoms with Crippen molar-refractivity contribution in [2.75, 3.05) is 0 Å². The van der Waals surface area contributed by atoms with Crippen LogP contribution in [0.1, 0.15) is 20.8 Å². The number of benzene rings is 1. The van der Waals surface area contributed by atoms with Gasteiger partial charge in [-0.2, -0.15) is 0 Å². The van der Waals surface area contributed by atoms with Crippen molar-refractivity contribution in [3.8, 4) is 0 Å². The van der Waals surface area contributed by atoms with Crippen LogP contribution < -0.4 is 10.3 Å². The fourth-order valence-electron chi connectivity index (χ4n) is 0.960. The average Bonchev–Trinajstić information content (AvgIpc) is 2.26. The Morgan fingerprint density at radius 2 is 1.65 bits per heavy atom. The van der Waals surface area contributed by atoms with Crippen molar-refractivity contribution in [3.63, 3.8) is 0 Å². The second-order valence-electron chi connectivity index (χ2n) is 4.62. The number of carbonyl (C=O) groups is 1. The Balaban J connectivity index is 2.74. The molecule has 0 aromatic heterocycles. The Morgan fingerprint density at radius 3 is 2.12 bits per heavy atom. The summed E-state index contributed by atoms with van der Waals surface area (Å²) in [7, 11) is -3.70. The van der Waals surface area contributed by atoms with Crippen molar-refractivity contribution in [2.45, 2.75) is 25.7 Å². The second-order valence-corrected chi connectivity index (χ2v) is 6.31. The summed E-state index contributed by atoms with van der Waals surface area (Å²) in [6.07, 6.45) is 0. The van der Waals surface area contributed by atoms with Gasteiger partial charge in [-0.15, -0.1) is 4.83 Å². The van der Waals surface area contributed by atoms with Crippen molar-refractivity contribution < 1.29 is 13.2 Å². The highest BCUT2D eigenvalue weighted by Gasteiger charge is 2.23. The highest BCUT2D eigenvalue weighted by Crippen LogP contribution is 2.12. The fraction of sp³-hybridized carbons (Fsp3) is 0.364. The van der Waals surface area contributed by atoms with Crippen LogP contribution >= 0.6 is 0 Å². The zero-order valence-corrected chi connectivity index (χ0v) is 10.8. The molecule has 17 heavy (non-hydrogen) atoms. The maximum atomic E-state index is 11.7. The molecule has 0 heterocycles. The molecule has 0 saturated heterocycles. The lowest BCUT2D eigenvalue weighted by molar-refractivity contribution is -0.129. The second kappa shape index (κ2) is 4.85. The van der Waals surface area contributed by atoms with Gasteiger partial charge in [-0.1, -0.05) is 39.0 Å². The maximum absolute atomic E-state index is 11.7. The minimum Gasteiger partial charge on any atom is -0.277 e. The van der Waals surface area contributed by atoms with Crippen LogP contribution in [0.15, 0.2) is 35.2 Å². The van der Waals surface area contributed by atoms with E-state index in [1.807, 2.05) is 0 Å². The van der Waals surface area contributed by atoms with Gasteiger partial charge in [0.1, 0.15) is 0 Å². The molecule has 6 heteroatoms. The Morgan fingerprint density at radius 1 is 1.12 bits per heavy atom. The summed E-state index contributed by atoms with van der Waals surface area (Å²) in [4.78, 5) is 13.7. The summed E-state index contributed by atoms with van der Waals surface area (Å²) in [5, 5.41) is 0. The topological polar surface area (TPSA) is 75.3 Å². The van der Waals surface area contributed by atoms with Gasteiger partial charge in [0.15, 0.2) is 0 Å². The molecule has 0 fully saturated rings. The van der Waals surface area contributed by atoms with Gasteiger partial charge in [0.2, 0.25) is 5.91 Å². The number of nitrogens with one attached hydrogen (secondary N) is 2. The van der Waals surface area contributed by atoms with Gasteiger partial charge < -0.3 is 0 Å². The first-order valence-electron chi connectivity index (χ1n) is 5.11. The molecule has 94 valence electrons. The molecule has 0 atom stereocenters. The van der Waals surface area contributed by atoms with Gasteiger partial charge in [0, 0.05) is 5.41 Å². The molecule has 2 N–H and O–H groups in total. The third-order valence-electron chi connectivity index (χ3n) is 2.03. The number of sulfonamides is 1. The standard InChI is InChI=1S/C11H16N2O3S/c1-11(2,3)10(14)12-13-17(15,16)9-7-5-4-6-8-9/h4-8,13H,1-3H3,(H,12,14). The summed E-state index contributed by atoms with van der Waals surface area (Å²) in [5.41, 5.74) is 1.53. The summed E-state index contributed by atoms with van der Waals surface area (Å²) < 4.78 is 23.5. The molecular weight excluding hydrogens is 240 g/mol. The molecule has 0 radical (unpaired) electrons. The molecular formula is C11H16N2O3S. The third kappa shape index (κ3) is 3.83. The van der Waals surface area contributed by atoms with Crippen LogP contribution in [0.3, 0.4) is 0 Å². The van der Waals surface area contributed by atoms with Crippen LogP contribution in [0.25, 0.3) is 0 Å². The van der Waals surface area contributed by atoms with E-state index >= 15 is 0 Å². The molecule has 0 unspecified atom stereocenters. The minimum absolute atomic E-state index is 0.106. The van der Waals surface area contributed by atoms with E-state index in [1.165, 1.54) is 12.1 Å². The number of carbonyl (C=O) groups excluding carboxylic acids is 1. The average molecular weight is 256 g/mol. The number of hydrogen-bond donors (Lipinski definition) is 2. The molecule has 1 aromatic rings. The highest BCUT2D eigenvalue weighted by atomic mass is 32.2. The molecule has 1 rings (SSSR count). The van der Waals surface area contributed by atoms with Gasteiger partial charge in [0.05, 0.1) is 4.90 Å². The van der Waals surface area contributed by atoms with E-state index in [4.69, 9.17) is 0 Å². The van der Waals surface area contributed by atoms with E-state index in [-0.39, 0.29) is 4.90 Å². The normalized spacial score (nSPS) is 12.2. The Bertz CT molecular complexity index is 489. The van der Waals surface area contributed by atoms with Gasteiger partial charge in [-0.25, -0.2) is 8.42 Å². The van der Waals surface area contributed by atoms with Crippen molar-refractivity contribution in [2.24, 2.45) is 5.41 Å². The first kappa shape index (κ1) is 13.7. The van der Waals surface area contributed by atoms with E-state index in [2.05, 4.69) is 10.3 Å². The minimum atomic E-state index is -3.70. The lowest BCUT2D eigenvalue weighted by atomic mass is 9.96. The summed E-state index contributed by atoms with van der Waals surface area (Å²) in [6.45, 7) is 5.08. The van der Waals surface area contributed by atoms with E-state index in [0.29, 0.717) is 0 Å². The van der Waals surface area contributed by atoms with Crippen LogP contribution in [0, 0.1) is 5.41 Å². The molecule has 0 saturated carbocycles. The smallest absolute Gasteiger partial charge is 0.257 e. The first-order chi connectivity index (χ1) is 7.73. The van der Waals surface area contributed by atoms with Crippen LogP contribution in [0.2, 0.25) is 0 Å². The largest absolute Gasteiger partial charge is 0.277 e. The third-order valence-corrected chi connectivity index (χ3v) is 3.30. The Hall–Kier alpha value is -1.40. The van der Waals surface area contributed by atoms with Gasteiger partial charge in [-0.05, 0) is 12.1 Å². The van der Waals surface area contributed by atoms with E-state index in [0.717, 1.165) is 0 Å². The van der Waals surface area contributed by atoms with Gasteiger partial charge >= 0.3 is 0 Å². The van der Waals surface area contributed by atoms with Crippen LogP contribution in [-0.2, 0) is 14.8 Å². The number of hydrogen-bond acceptors (Lipinski definition) is 3. The van der Waals surface area contributed by atoms with E-state index in [1.54, 1.807) is 39.0 Å². The lowest BCUT2D eigenvalue weighted by Crippen LogP contribution is -2.46. The summed E-state index contributed by atoms with van der Waals surface area (Å²) in [5.74, 6) is -0.392. The number of amides is 1. The Kier molecular flexibility index (Phi) is 3.90. The van der Waals surface area contributed by atoms with Crippen LogP contribution in [-0.4, -0.2) is 14.3 Å².